The molecule has 1 heterocycles. The van der Waals surface area contributed by atoms with Crippen LogP contribution in [0.15, 0.2) is 18.2 Å². The van der Waals surface area contributed by atoms with Crippen LogP contribution in [0.4, 0.5) is 0 Å². The van der Waals surface area contributed by atoms with Gasteiger partial charge in [0.25, 0.3) is 0 Å². The first-order valence-corrected chi connectivity index (χ1v) is 7.82. The first kappa shape index (κ1) is 19.9. The molecule has 1 aliphatic heterocycles. The van der Waals surface area contributed by atoms with E-state index in [1.165, 1.54) is 13.2 Å². The third-order valence-corrected chi connectivity index (χ3v) is 4.21. The summed E-state index contributed by atoms with van der Waals surface area (Å²) in [5, 5.41) is 57.8. The molecule has 142 valence electrons. The second-order valence-electron chi connectivity index (χ2n) is 5.84. The molecular weight excluding hydrogens is 336 g/mol. The Balaban J connectivity index is 2.04. The molecule has 1 aromatic rings. The fourth-order valence-electron chi connectivity index (χ4n) is 2.62. The number of benzene rings is 1. The number of aliphatic hydroxyl groups is 5. The molecule has 9 heteroatoms. The summed E-state index contributed by atoms with van der Waals surface area (Å²) in [7, 11) is 1.40. The van der Waals surface area contributed by atoms with Crippen molar-refractivity contribution in [3.63, 3.8) is 0 Å². The molecule has 1 aliphatic rings. The van der Waals surface area contributed by atoms with Gasteiger partial charge in [0, 0.05) is 5.92 Å². The summed E-state index contributed by atoms with van der Waals surface area (Å²) in [6.45, 7) is -0.915. The Hall–Kier alpha value is -1.46. The zero-order chi connectivity index (χ0) is 18.6. The third-order valence-electron chi connectivity index (χ3n) is 4.21. The van der Waals surface area contributed by atoms with Crippen LogP contribution in [0.1, 0.15) is 11.5 Å². The van der Waals surface area contributed by atoms with Crippen LogP contribution in [-0.4, -0.2) is 88.3 Å². The zero-order valence-electron chi connectivity index (χ0n) is 13.7. The molecule has 0 unspecified atom stereocenters. The topological polar surface area (TPSA) is 149 Å². The van der Waals surface area contributed by atoms with Crippen LogP contribution in [0, 0.1) is 0 Å². The summed E-state index contributed by atoms with van der Waals surface area (Å²) in [4.78, 5) is 0. The van der Waals surface area contributed by atoms with E-state index in [2.05, 4.69) is 0 Å². The smallest absolute Gasteiger partial charge is 0.186 e. The van der Waals surface area contributed by atoms with Crippen molar-refractivity contribution in [1.82, 2.24) is 0 Å². The predicted molar refractivity (Wildman–Crippen MR) is 84.2 cm³/mol. The van der Waals surface area contributed by atoms with Gasteiger partial charge in [0.1, 0.15) is 24.4 Å². The van der Waals surface area contributed by atoms with Gasteiger partial charge in [0.15, 0.2) is 17.8 Å². The van der Waals surface area contributed by atoms with Crippen LogP contribution in [0.3, 0.4) is 0 Å². The van der Waals surface area contributed by atoms with E-state index < -0.39 is 43.2 Å². The summed E-state index contributed by atoms with van der Waals surface area (Å²) in [6.07, 6.45) is -6.84. The first-order chi connectivity index (χ1) is 11.9. The lowest BCUT2D eigenvalue weighted by Crippen LogP contribution is -2.59. The van der Waals surface area contributed by atoms with Crippen LogP contribution < -0.4 is 4.74 Å². The molecule has 0 saturated carbocycles. The summed E-state index contributed by atoms with van der Waals surface area (Å²) in [5.74, 6) is -0.316. The van der Waals surface area contributed by atoms with E-state index in [9.17, 15) is 25.5 Å². The molecular formula is C16H24O9. The Morgan fingerprint density at radius 3 is 2.44 bits per heavy atom. The van der Waals surface area contributed by atoms with Crippen molar-refractivity contribution in [2.45, 2.75) is 36.6 Å². The Morgan fingerprint density at radius 1 is 1.12 bits per heavy atom. The van der Waals surface area contributed by atoms with Crippen LogP contribution >= 0.6 is 0 Å². The highest BCUT2D eigenvalue weighted by Crippen LogP contribution is 2.30. The van der Waals surface area contributed by atoms with Crippen molar-refractivity contribution in [1.29, 1.82) is 0 Å². The number of phenols is 1. The van der Waals surface area contributed by atoms with E-state index in [1.807, 2.05) is 0 Å². The van der Waals surface area contributed by atoms with E-state index >= 15 is 0 Å². The maximum Gasteiger partial charge on any atom is 0.186 e. The molecule has 0 aliphatic carbocycles. The standard InChI is InChI=1S/C16H24O9/c1-23-11-4-8(2-3-10(11)19)9(5-17)7-24-16-15(22)14(21)13(20)12(6-18)25-16/h2-4,9,12-22H,5-7H2,1H3/t9-,12+,13+,14-,15+,16+/m0/s1. The van der Waals surface area contributed by atoms with Crippen LogP contribution in [0.5, 0.6) is 11.5 Å². The lowest BCUT2D eigenvalue weighted by Gasteiger charge is -2.40. The molecule has 1 saturated heterocycles. The van der Waals surface area contributed by atoms with Gasteiger partial charge in [0.05, 0.1) is 26.9 Å². The minimum absolute atomic E-state index is 0.0437. The van der Waals surface area contributed by atoms with Gasteiger partial charge in [-0.1, -0.05) is 6.07 Å². The average molecular weight is 360 g/mol. The van der Waals surface area contributed by atoms with Gasteiger partial charge in [-0.25, -0.2) is 0 Å². The van der Waals surface area contributed by atoms with E-state index in [0.717, 1.165) is 0 Å². The second-order valence-corrected chi connectivity index (χ2v) is 5.84. The Morgan fingerprint density at radius 2 is 1.84 bits per heavy atom. The number of hydrogen-bond donors (Lipinski definition) is 6. The van der Waals surface area contributed by atoms with Crippen molar-refractivity contribution >= 4 is 0 Å². The lowest BCUT2D eigenvalue weighted by atomic mass is 9.98. The third kappa shape index (κ3) is 4.39. The van der Waals surface area contributed by atoms with Gasteiger partial charge >= 0.3 is 0 Å². The summed E-state index contributed by atoms with van der Waals surface area (Å²) < 4.78 is 15.7. The van der Waals surface area contributed by atoms with Gasteiger partial charge < -0.3 is 44.8 Å². The Kier molecular flexibility index (Phi) is 6.96. The highest BCUT2D eigenvalue weighted by Gasteiger charge is 2.44. The molecule has 2 rings (SSSR count). The zero-order valence-corrected chi connectivity index (χ0v) is 13.7. The van der Waals surface area contributed by atoms with E-state index in [-0.39, 0.29) is 24.7 Å². The normalized spacial score (nSPS) is 30.9. The maximum atomic E-state index is 9.94. The number of aromatic hydroxyl groups is 1. The fraction of sp³-hybridized carbons (Fsp3) is 0.625. The molecule has 25 heavy (non-hydrogen) atoms. The fourth-order valence-corrected chi connectivity index (χ4v) is 2.62. The van der Waals surface area contributed by atoms with Crippen molar-refractivity contribution in [3.05, 3.63) is 23.8 Å². The Labute approximate surface area is 144 Å². The lowest BCUT2D eigenvalue weighted by molar-refractivity contribution is -0.302. The average Bonchev–Trinajstić information content (AvgIpc) is 2.63. The quantitative estimate of drug-likeness (QED) is 0.334. The highest BCUT2D eigenvalue weighted by molar-refractivity contribution is 5.42. The van der Waals surface area contributed by atoms with E-state index in [0.29, 0.717) is 5.56 Å². The predicted octanol–water partition coefficient (Wildman–Crippen LogP) is -1.71. The summed E-state index contributed by atoms with van der Waals surface area (Å²) >= 11 is 0. The summed E-state index contributed by atoms with van der Waals surface area (Å²) in [6, 6.07) is 4.56. The van der Waals surface area contributed by atoms with Gasteiger partial charge in [0.2, 0.25) is 0 Å². The Bertz CT molecular complexity index is 550. The van der Waals surface area contributed by atoms with E-state index in [1.54, 1.807) is 12.1 Å². The molecule has 6 N–H and O–H groups in total. The van der Waals surface area contributed by atoms with Gasteiger partial charge in [-0.3, -0.25) is 0 Å². The largest absolute Gasteiger partial charge is 0.504 e. The van der Waals surface area contributed by atoms with Crippen LogP contribution in [0.2, 0.25) is 0 Å². The highest BCUT2D eigenvalue weighted by atomic mass is 16.7. The molecule has 6 atom stereocenters. The number of ether oxygens (including phenoxy) is 3. The van der Waals surface area contributed by atoms with Gasteiger partial charge in [-0.15, -0.1) is 0 Å². The van der Waals surface area contributed by atoms with Crippen molar-refractivity contribution in [3.8, 4) is 11.5 Å². The molecule has 0 spiro atoms. The first-order valence-electron chi connectivity index (χ1n) is 7.82. The maximum absolute atomic E-state index is 9.94. The second kappa shape index (κ2) is 8.77. The van der Waals surface area contributed by atoms with Gasteiger partial charge in [-0.2, -0.15) is 0 Å². The van der Waals surface area contributed by atoms with Crippen molar-refractivity contribution < 1.29 is 44.8 Å². The minimum atomic E-state index is -1.53. The number of hydrogen-bond acceptors (Lipinski definition) is 9. The molecule has 1 aromatic carbocycles. The van der Waals surface area contributed by atoms with Crippen molar-refractivity contribution in [2.24, 2.45) is 0 Å². The molecule has 0 radical (unpaired) electrons. The number of methoxy groups -OCH3 is 1. The minimum Gasteiger partial charge on any atom is -0.504 e. The molecule has 0 amide bonds. The molecule has 0 aromatic heterocycles. The number of rotatable bonds is 7. The number of aliphatic hydroxyl groups excluding tert-OH is 5. The molecule has 0 bridgehead atoms. The molecule has 1 fully saturated rings. The summed E-state index contributed by atoms with van der Waals surface area (Å²) in [5.41, 5.74) is 0.627. The molecule has 9 nitrogen and oxygen atoms in total. The number of phenolic OH excluding ortho intramolecular Hbond substituents is 1. The van der Waals surface area contributed by atoms with Crippen LogP contribution in [0.25, 0.3) is 0 Å². The SMILES string of the molecule is COc1cc([C@@H](CO)CO[C@@H]2O[C@H](CO)[C@@H](O)[C@H](O)[C@H]2O)ccc1O. The van der Waals surface area contributed by atoms with Crippen molar-refractivity contribution in [2.75, 3.05) is 26.9 Å². The van der Waals surface area contributed by atoms with Crippen LogP contribution in [-0.2, 0) is 9.47 Å². The monoisotopic (exact) mass is 360 g/mol. The van der Waals surface area contributed by atoms with Gasteiger partial charge in [-0.05, 0) is 17.7 Å². The van der Waals surface area contributed by atoms with E-state index in [4.69, 9.17) is 19.3 Å².